The van der Waals surface area contributed by atoms with Gasteiger partial charge >= 0.3 is 0 Å². The maximum Gasteiger partial charge on any atom is 0.220 e. The van der Waals surface area contributed by atoms with E-state index < -0.39 is 0 Å². The summed E-state index contributed by atoms with van der Waals surface area (Å²) in [6.07, 6.45) is 35.0. The molecule has 0 saturated heterocycles. The molecule has 0 aliphatic heterocycles. The highest BCUT2D eigenvalue weighted by Gasteiger charge is 2.02. The Labute approximate surface area is 237 Å². The van der Waals surface area contributed by atoms with E-state index in [1.54, 1.807) is 12.1 Å². The van der Waals surface area contributed by atoms with E-state index in [9.17, 15) is 9.90 Å². The van der Waals surface area contributed by atoms with E-state index in [1.165, 1.54) is 148 Å². The number of hydrogen-bond acceptors (Lipinski definition) is 2. The Balaban J connectivity index is 1.69. The molecule has 0 saturated carbocycles. The van der Waals surface area contributed by atoms with Crippen molar-refractivity contribution in [3.8, 4) is 5.75 Å². The SMILES string of the molecule is CCCCCCCCCCCCCCCCCCCCCCCCCCNC(=O)CCc1ccc(O)cc1. The Bertz CT molecular complexity index is 627. The predicted octanol–water partition coefficient (Wildman–Crippen LogP) is 10.8. The van der Waals surface area contributed by atoms with Gasteiger partial charge in [0.05, 0.1) is 0 Å². The van der Waals surface area contributed by atoms with E-state index in [0.717, 1.165) is 24.9 Å². The summed E-state index contributed by atoms with van der Waals surface area (Å²) < 4.78 is 0. The van der Waals surface area contributed by atoms with Gasteiger partial charge in [-0.1, -0.05) is 167 Å². The van der Waals surface area contributed by atoms with Crippen LogP contribution in [0.3, 0.4) is 0 Å². The molecule has 0 radical (unpaired) electrons. The number of amides is 1. The fourth-order valence-corrected chi connectivity index (χ4v) is 5.32. The number of nitrogens with one attached hydrogen (secondary N) is 1. The van der Waals surface area contributed by atoms with Crippen molar-refractivity contribution >= 4 is 5.91 Å². The van der Waals surface area contributed by atoms with Crippen LogP contribution >= 0.6 is 0 Å². The predicted molar refractivity (Wildman–Crippen MR) is 166 cm³/mol. The maximum absolute atomic E-state index is 12.0. The zero-order chi connectivity index (χ0) is 27.4. The van der Waals surface area contributed by atoms with Gasteiger partial charge in [0, 0.05) is 13.0 Å². The topological polar surface area (TPSA) is 49.3 Å². The smallest absolute Gasteiger partial charge is 0.220 e. The Hall–Kier alpha value is -1.51. The van der Waals surface area contributed by atoms with Crippen LogP contribution in [0.5, 0.6) is 5.75 Å². The van der Waals surface area contributed by atoms with Crippen LogP contribution in [-0.2, 0) is 11.2 Å². The lowest BCUT2D eigenvalue weighted by Crippen LogP contribution is -2.24. The second kappa shape index (κ2) is 27.1. The third-order valence-electron chi connectivity index (χ3n) is 7.93. The lowest BCUT2D eigenvalue weighted by atomic mass is 10.0. The molecule has 1 aromatic carbocycles. The molecule has 1 amide bonds. The Kier molecular flexibility index (Phi) is 24.6. The second-order valence-corrected chi connectivity index (χ2v) is 11.6. The van der Waals surface area contributed by atoms with E-state index in [4.69, 9.17) is 0 Å². The normalized spacial score (nSPS) is 11.2. The number of hydrogen-bond donors (Lipinski definition) is 2. The van der Waals surface area contributed by atoms with Crippen molar-refractivity contribution in [1.82, 2.24) is 5.32 Å². The van der Waals surface area contributed by atoms with Gasteiger partial charge in [-0.15, -0.1) is 0 Å². The van der Waals surface area contributed by atoms with Crippen molar-refractivity contribution < 1.29 is 9.90 Å². The van der Waals surface area contributed by atoms with Crippen molar-refractivity contribution in [3.63, 3.8) is 0 Å². The number of carbonyl (C=O) groups excluding carboxylic acids is 1. The standard InChI is InChI=1S/C35H63NO2/c1-2-3-4-5-6-7-8-9-10-11-12-13-14-15-16-17-18-19-20-21-22-23-24-25-32-36-35(38)31-28-33-26-29-34(37)30-27-33/h26-27,29-30,37H,2-25,28,31-32H2,1H3,(H,36,38). The van der Waals surface area contributed by atoms with Gasteiger partial charge in [-0.05, 0) is 30.5 Å². The number of benzene rings is 1. The molecule has 38 heavy (non-hydrogen) atoms. The molecule has 220 valence electrons. The highest BCUT2D eigenvalue weighted by molar-refractivity contribution is 5.76. The van der Waals surface area contributed by atoms with E-state index in [-0.39, 0.29) is 11.7 Å². The molecule has 0 spiro atoms. The first kappa shape index (κ1) is 34.5. The molecule has 0 aromatic heterocycles. The summed E-state index contributed by atoms with van der Waals surface area (Å²) in [5.74, 6) is 0.403. The number of carbonyl (C=O) groups is 1. The zero-order valence-corrected chi connectivity index (χ0v) is 25.3. The van der Waals surface area contributed by atoms with Gasteiger partial charge in [0.15, 0.2) is 0 Å². The van der Waals surface area contributed by atoms with Crippen molar-refractivity contribution in [1.29, 1.82) is 0 Å². The van der Waals surface area contributed by atoms with Crippen LogP contribution in [0.25, 0.3) is 0 Å². The molecule has 1 aromatic rings. The number of aryl methyl sites for hydroxylation is 1. The van der Waals surface area contributed by atoms with Gasteiger partial charge < -0.3 is 10.4 Å². The van der Waals surface area contributed by atoms with Gasteiger partial charge in [-0.25, -0.2) is 0 Å². The van der Waals surface area contributed by atoms with Crippen LogP contribution in [0.2, 0.25) is 0 Å². The number of rotatable bonds is 28. The number of phenols is 1. The van der Waals surface area contributed by atoms with E-state index in [0.29, 0.717) is 6.42 Å². The summed E-state index contributed by atoms with van der Waals surface area (Å²) in [7, 11) is 0. The third kappa shape index (κ3) is 23.6. The first-order valence-corrected chi connectivity index (χ1v) is 16.8. The van der Waals surface area contributed by atoms with Crippen molar-refractivity contribution in [3.05, 3.63) is 29.8 Å². The molecule has 1 rings (SSSR count). The average molecular weight is 530 g/mol. The lowest BCUT2D eigenvalue weighted by Gasteiger charge is -2.06. The molecule has 0 aliphatic carbocycles. The van der Waals surface area contributed by atoms with Crippen LogP contribution in [0.15, 0.2) is 24.3 Å². The fourth-order valence-electron chi connectivity index (χ4n) is 5.32. The van der Waals surface area contributed by atoms with E-state index in [1.807, 2.05) is 12.1 Å². The van der Waals surface area contributed by atoms with Crippen LogP contribution in [0, 0.1) is 0 Å². The van der Waals surface area contributed by atoms with E-state index >= 15 is 0 Å². The molecule has 3 heteroatoms. The number of aromatic hydroxyl groups is 1. The summed E-state index contributed by atoms with van der Waals surface area (Å²) in [6.45, 7) is 3.10. The molecule has 0 heterocycles. The highest BCUT2D eigenvalue weighted by Crippen LogP contribution is 2.16. The maximum atomic E-state index is 12.0. The molecule has 0 atom stereocenters. The third-order valence-corrected chi connectivity index (χ3v) is 7.93. The van der Waals surface area contributed by atoms with Crippen LogP contribution in [0.4, 0.5) is 0 Å². The fraction of sp³-hybridized carbons (Fsp3) is 0.800. The molecular weight excluding hydrogens is 466 g/mol. The lowest BCUT2D eigenvalue weighted by molar-refractivity contribution is -0.121. The van der Waals surface area contributed by atoms with Crippen molar-refractivity contribution in [2.24, 2.45) is 0 Å². The monoisotopic (exact) mass is 529 g/mol. The van der Waals surface area contributed by atoms with Crippen molar-refractivity contribution in [2.45, 2.75) is 174 Å². The zero-order valence-electron chi connectivity index (χ0n) is 25.3. The first-order chi connectivity index (χ1) is 18.7. The molecule has 0 unspecified atom stereocenters. The molecule has 2 N–H and O–H groups in total. The summed E-state index contributed by atoms with van der Waals surface area (Å²) in [6, 6.07) is 7.11. The minimum atomic E-state index is 0.132. The van der Waals surface area contributed by atoms with Crippen LogP contribution in [-0.4, -0.2) is 17.6 Å². The minimum absolute atomic E-state index is 0.132. The van der Waals surface area contributed by atoms with Gasteiger partial charge in [-0.3, -0.25) is 4.79 Å². The number of phenolic OH excluding ortho intramolecular Hbond substituents is 1. The summed E-state index contributed by atoms with van der Waals surface area (Å²) in [5, 5.41) is 12.3. The average Bonchev–Trinajstić information content (AvgIpc) is 2.92. The minimum Gasteiger partial charge on any atom is -0.508 e. The van der Waals surface area contributed by atoms with Gasteiger partial charge in [0.1, 0.15) is 5.75 Å². The summed E-state index contributed by atoms with van der Waals surface area (Å²) in [5.41, 5.74) is 1.09. The largest absolute Gasteiger partial charge is 0.508 e. The summed E-state index contributed by atoms with van der Waals surface area (Å²) in [4.78, 5) is 12.0. The molecule has 0 aliphatic rings. The Morgan fingerprint density at radius 3 is 1.26 bits per heavy atom. The highest BCUT2D eigenvalue weighted by atomic mass is 16.3. The summed E-state index contributed by atoms with van der Waals surface area (Å²) >= 11 is 0. The number of unbranched alkanes of at least 4 members (excludes halogenated alkanes) is 23. The van der Waals surface area contributed by atoms with Crippen LogP contribution < -0.4 is 5.32 Å². The first-order valence-electron chi connectivity index (χ1n) is 16.8. The molecule has 3 nitrogen and oxygen atoms in total. The molecule has 0 fully saturated rings. The van der Waals surface area contributed by atoms with Crippen molar-refractivity contribution in [2.75, 3.05) is 6.54 Å². The van der Waals surface area contributed by atoms with Crippen LogP contribution in [0.1, 0.15) is 173 Å². The van der Waals surface area contributed by atoms with Gasteiger partial charge in [0.25, 0.3) is 0 Å². The second-order valence-electron chi connectivity index (χ2n) is 11.6. The Morgan fingerprint density at radius 1 is 0.553 bits per heavy atom. The molecule has 0 bridgehead atoms. The quantitative estimate of drug-likeness (QED) is 0.106. The Morgan fingerprint density at radius 2 is 0.895 bits per heavy atom. The van der Waals surface area contributed by atoms with Gasteiger partial charge in [0.2, 0.25) is 5.91 Å². The van der Waals surface area contributed by atoms with E-state index in [2.05, 4.69) is 12.2 Å². The molecular formula is C35H63NO2. The van der Waals surface area contributed by atoms with Gasteiger partial charge in [-0.2, -0.15) is 0 Å².